The Morgan fingerprint density at radius 3 is 2.61 bits per heavy atom. The fraction of sp³-hybridized carbons (Fsp3) is 0.133. The largest absolute Gasteiger partial charge is 0.449 e. The standard InChI is InChI=1S/C15H11Cl3N2O3/c1-8(14(21)20-11-4-2-3-10(16)6-11)23-15(22)9-5-12(17)13(18)19-7-9/h2-8H,1H3,(H,20,21)/t8-/m1/s1. The maximum Gasteiger partial charge on any atom is 0.340 e. The number of nitrogens with one attached hydrogen (secondary N) is 1. The molecule has 0 aliphatic rings. The number of aromatic nitrogens is 1. The molecule has 0 aliphatic heterocycles. The van der Waals surface area contributed by atoms with Crippen molar-refractivity contribution in [3.8, 4) is 0 Å². The van der Waals surface area contributed by atoms with E-state index < -0.39 is 18.0 Å². The van der Waals surface area contributed by atoms with Crippen LogP contribution >= 0.6 is 34.8 Å². The zero-order valence-electron chi connectivity index (χ0n) is 11.8. The van der Waals surface area contributed by atoms with Gasteiger partial charge in [0.05, 0.1) is 10.6 Å². The van der Waals surface area contributed by atoms with Crippen LogP contribution in [0.4, 0.5) is 5.69 Å². The van der Waals surface area contributed by atoms with Gasteiger partial charge in [0.1, 0.15) is 5.15 Å². The molecule has 1 heterocycles. The fourth-order valence-electron chi connectivity index (χ4n) is 1.63. The van der Waals surface area contributed by atoms with Crippen LogP contribution in [0.1, 0.15) is 17.3 Å². The second-order valence-electron chi connectivity index (χ2n) is 4.54. The third-order valence-electron chi connectivity index (χ3n) is 2.78. The lowest BCUT2D eigenvalue weighted by molar-refractivity contribution is -0.123. The van der Waals surface area contributed by atoms with Gasteiger partial charge < -0.3 is 10.1 Å². The number of benzene rings is 1. The van der Waals surface area contributed by atoms with Gasteiger partial charge in [0.2, 0.25) is 0 Å². The summed E-state index contributed by atoms with van der Waals surface area (Å²) in [5.74, 6) is -1.22. The summed E-state index contributed by atoms with van der Waals surface area (Å²) >= 11 is 17.3. The van der Waals surface area contributed by atoms with Crippen LogP contribution in [0.15, 0.2) is 36.5 Å². The molecule has 0 saturated heterocycles. The molecule has 2 aromatic rings. The molecule has 1 aromatic heterocycles. The van der Waals surface area contributed by atoms with Crippen LogP contribution in [-0.2, 0) is 9.53 Å². The third kappa shape index (κ3) is 4.82. The second kappa shape index (κ2) is 7.64. The zero-order chi connectivity index (χ0) is 17.0. The minimum absolute atomic E-state index is 0.0787. The van der Waals surface area contributed by atoms with E-state index in [1.165, 1.54) is 19.2 Å². The molecule has 0 unspecified atom stereocenters. The molecule has 120 valence electrons. The van der Waals surface area contributed by atoms with Crippen molar-refractivity contribution in [3.63, 3.8) is 0 Å². The SMILES string of the molecule is C[C@@H](OC(=O)c1cnc(Cl)c(Cl)c1)C(=O)Nc1cccc(Cl)c1. The number of pyridine rings is 1. The normalized spacial score (nSPS) is 11.7. The molecule has 5 nitrogen and oxygen atoms in total. The Balaban J connectivity index is 2.00. The van der Waals surface area contributed by atoms with Gasteiger partial charge in [-0.2, -0.15) is 0 Å². The lowest BCUT2D eigenvalue weighted by Gasteiger charge is -2.13. The molecule has 0 radical (unpaired) electrons. The minimum atomic E-state index is -1.02. The average molecular weight is 374 g/mol. The number of amides is 1. The van der Waals surface area contributed by atoms with Gasteiger partial charge in [-0.25, -0.2) is 9.78 Å². The topological polar surface area (TPSA) is 68.3 Å². The molecule has 1 amide bonds. The summed E-state index contributed by atoms with van der Waals surface area (Å²) in [6.07, 6.45) is 0.203. The molecule has 0 bridgehead atoms. The number of ether oxygens (including phenoxy) is 1. The zero-order valence-corrected chi connectivity index (χ0v) is 14.1. The van der Waals surface area contributed by atoms with Crippen LogP contribution in [0.3, 0.4) is 0 Å². The average Bonchev–Trinajstić information content (AvgIpc) is 2.49. The van der Waals surface area contributed by atoms with Crippen LogP contribution in [0.2, 0.25) is 15.2 Å². The van der Waals surface area contributed by atoms with Crippen LogP contribution in [0.5, 0.6) is 0 Å². The number of hydrogen-bond acceptors (Lipinski definition) is 4. The van der Waals surface area contributed by atoms with Gasteiger partial charge in [0.25, 0.3) is 5.91 Å². The third-order valence-corrected chi connectivity index (χ3v) is 3.70. The highest BCUT2D eigenvalue weighted by Gasteiger charge is 2.20. The van der Waals surface area contributed by atoms with Gasteiger partial charge in [0, 0.05) is 16.9 Å². The first-order valence-electron chi connectivity index (χ1n) is 6.45. The predicted molar refractivity (Wildman–Crippen MR) is 89.2 cm³/mol. The van der Waals surface area contributed by atoms with E-state index in [-0.39, 0.29) is 15.7 Å². The number of nitrogens with zero attached hydrogens (tertiary/aromatic N) is 1. The van der Waals surface area contributed by atoms with E-state index in [0.717, 1.165) is 0 Å². The van der Waals surface area contributed by atoms with Crippen molar-refractivity contribution in [1.82, 2.24) is 4.98 Å². The Hall–Kier alpha value is -1.82. The Kier molecular flexibility index (Phi) is 5.82. The van der Waals surface area contributed by atoms with Gasteiger partial charge in [-0.3, -0.25) is 4.79 Å². The number of carbonyl (C=O) groups excluding carboxylic acids is 2. The summed E-state index contributed by atoms with van der Waals surface area (Å²) in [7, 11) is 0. The molecule has 23 heavy (non-hydrogen) atoms. The van der Waals surface area contributed by atoms with E-state index in [1.54, 1.807) is 24.3 Å². The number of halogens is 3. The maximum atomic E-state index is 12.0. The first kappa shape index (κ1) is 17.5. The molecular formula is C15H11Cl3N2O3. The minimum Gasteiger partial charge on any atom is -0.449 e. The molecule has 8 heteroatoms. The molecule has 2 rings (SSSR count). The van der Waals surface area contributed by atoms with Gasteiger partial charge in [0.15, 0.2) is 6.10 Å². The van der Waals surface area contributed by atoms with Crippen molar-refractivity contribution in [2.75, 3.05) is 5.32 Å². The second-order valence-corrected chi connectivity index (χ2v) is 5.75. The summed E-state index contributed by atoms with van der Waals surface area (Å²) in [5.41, 5.74) is 0.600. The van der Waals surface area contributed by atoms with E-state index in [2.05, 4.69) is 10.3 Å². The van der Waals surface area contributed by atoms with E-state index in [1.807, 2.05) is 0 Å². The lowest BCUT2D eigenvalue weighted by atomic mass is 10.2. The Labute approximate surface area is 147 Å². The lowest BCUT2D eigenvalue weighted by Crippen LogP contribution is -2.30. The van der Waals surface area contributed by atoms with Gasteiger partial charge >= 0.3 is 5.97 Å². The van der Waals surface area contributed by atoms with E-state index in [4.69, 9.17) is 39.5 Å². The van der Waals surface area contributed by atoms with Crippen LogP contribution < -0.4 is 5.32 Å². The Bertz CT molecular complexity index is 752. The molecule has 0 fully saturated rings. The number of carbonyl (C=O) groups is 2. The highest BCUT2D eigenvalue weighted by molar-refractivity contribution is 6.41. The van der Waals surface area contributed by atoms with Crippen LogP contribution in [0.25, 0.3) is 0 Å². The van der Waals surface area contributed by atoms with Crippen molar-refractivity contribution < 1.29 is 14.3 Å². The smallest absolute Gasteiger partial charge is 0.340 e. The summed E-state index contributed by atoms with van der Waals surface area (Å²) in [4.78, 5) is 27.7. The number of esters is 1. The number of hydrogen-bond donors (Lipinski definition) is 1. The van der Waals surface area contributed by atoms with Crippen molar-refractivity contribution in [2.45, 2.75) is 13.0 Å². The molecular weight excluding hydrogens is 363 g/mol. The number of rotatable bonds is 4. The highest BCUT2D eigenvalue weighted by atomic mass is 35.5. The van der Waals surface area contributed by atoms with Crippen molar-refractivity contribution in [3.05, 3.63) is 57.3 Å². The summed E-state index contributed by atoms with van der Waals surface area (Å²) in [6.45, 7) is 1.45. The predicted octanol–water partition coefficient (Wildman–Crippen LogP) is 4.23. The quantitative estimate of drug-likeness (QED) is 0.643. The van der Waals surface area contributed by atoms with Gasteiger partial charge in [-0.15, -0.1) is 0 Å². The fourth-order valence-corrected chi connectivity index (χ4v) is 2.09. The van der Waals surface area contributed by atoms with E-state index >= 15 is 0 Å². The van der Waals surface area contributed by atoms with Gasteiger partial charge in [-0.05, 0) is 31.2 Å². The van der Waals surface area contributed by atoms with Crippen molar-refractivity contribution >= 4 is 52.4 Å². The molecule has 1 N–H and O–H groups in total. The van der Waals surface area contributed by atoms with Crippen molar-refractivity contribution in [1.29, 1.82) is 0 Å². The maximum absolute atomic E-state index is 12.0. The van der Waals surface area contributed by atoms with Crippen molar-refractivity contribution in [2.24, 2.45) is 0 Å². The van der Waals surface area contributed by atoms with Crippen LogP contribution in [-0.4, -0.2) is 23.0 Å². The monoisotopic (exact) mass is 372 g/mol. The first-order chi connectivity index (χ1) is 10.9. The van der Waals surface area contributed by atoms with E-state index in [9.17, 15) is 9.59 Å². The molecule has 0 aliphatic carbocycles. The molecule has 1 atom stereocenters. The Morgan fingerprint density at radius 2 is 1.96 bits per heavy atom. The number of anilines is 1. The van der Waals surface area contributed by atoms with E-state index in [0.29, 0.717) is 10.7 Å². The van der Waals surface area contributed by atoms with Crippen LogP contribution in [0, 0.1) is 0 Å². The molecule has 0 saturated carbocycles. The summed E-state index contributed by atoms with van der Waals surface area (Å²) in [5, 5.41) is 3.28. The first-order valence-corrected chi connectivity index (χ1v) is 7.58. The summed E-state index contributed by atoms with van der Waals surface area (Å²) in [6, 6.07) is 7.94. The summed E-state index contributed by atoms with van der Waals surface area (Å²) < 4.78 is 5.07. The molecule has 0 spiro atoms. The van der Waals surface area contributed by atoms with Gasteiger partial charge in [-0.1, -0.05) is 40.9 Å². The Morgan fingerprint density at radius 1 is 1.22 bits per heavy atom. The molecule has 1 aromatic carbocycles. The highest BCUT2D eigenvalue weighted by Crippen LogP contribution is 2.20.